The first kappa shape index (κ1) is 15.9. The minimum Gasteiger partial charge on any atom is -0.370 e. The Bertz CT molecular complexity index is 802. The smallest absolute Gasteiger partial charge is 0.229 e. The van der Waals surface area contributed by atoms with Crippen molar-refractivity contribution in [2.75, 3.05) is 17.2 Å². The molecule has 0 amide bonds. The van der Waals surface area contributed by atoms with Gasteiger partial charge in [0, 0.05) is 18.4 Å². The first-order valence-electron chi connectivity index (χ1n) is 7.84. The Hall–Kier alpha value is -2.95. The summed E-state index contributed by atoms with van der Waals surface area (Å²) in [5.41, 5.74) is 3.21. The normalized spacial score (nSPS) is 10.4. The number of nitrogens with zero attached hydrogens (tertiary/aromatic N) is 2. The molecule has 0 saturated heterocycles. The van der Waals surface area contributed by atoms with Crippen LogP contribution in [-0.4, -0.2) is 16.5 Å². The van der Waals surface area contributed by atoms with Gasteiger partial charge in [0.1, 0.15) is 11.6 Å². The van der Waals surface area contributed by atoms with Gasteiger partial charge in [0.15, 0.2) is 0 Å². The van der Waals surface area contributed by atoms with Crippen molar-refractivity contribution in [3.63, 3.8) is 0 Å². The fraction of sp³-hybridized carbons (Fsp3) is 0.158. The molecule has 0 fully saturated rings. The lowest BCUT2D eigenvalue weighted by Gasteiger charge is -2.09. The molecule has 24 heavy (non-hydrogen) atoms. The second kappa shape index (κ2) is 7.55. The molecule has 2 N–H and O–H groups in total. The topological polar surface area (TPSA) is 49.8 Å². The van der Waals surface area contributed by atoms with E-state index in [2.05, 4.69) is 20.6 Å². The zero-order valence-electron chi connectivity index (χ0n) is 13.5. The van der Waals surface area contributed by atoms with Crippen molar-refractivity contribution >= 4 is 17.5 Å². The van der Waals surface area contributed by atoms with Crippen molar-refractivity contribution in [3.05, 3.63) is 77.7 Å². The third-order valence-electron chi connectivity index (χ3n) is 3.56. The summed E-state index contributed by atoms with van der Waals surface area (Å²) in [5, 5.41) is 6.46. The van der Waals surface area contributed by atoms with Crippen molar-refractivity contribution in [2.45, 2.75) is 13.3 Å². The van der Waals surface area contributed by atoms with E-state index < -0.39 is 0 Å². The molecule has 2 aromatic carbocycles. The van der Waals surface area contributed by atoms with Gasteiger partial charge in [-0.25, -0.2) is 9.37 Å². The molecule has 0 atom stereocenters. The highest BCUT2D eigenvalue weighted by atomic mass is 19.1. The number of benzene rings is 2. The van der Waals surface area contributed by atoms with E-state index in [1.807, 2.05) is 37.3 Å². The van der Waals surface area contributed by atoms with Gasteiger partial charge in [-0.2, -0.15) is 4.98 Å². The number of nitrogens with one attached hydrogen (secondary N) is 2. The van der Waals surface area contributed by atoms with E-state index >= 15 is 0 Å². The number of aryl methyl sites for hydroxylation is 1. The molecule has 5 heteroatoms. The molecular weight excluding hydrogens is 303 g/mol. The van der Waals surface area contributed by atoms with Gasteiger partial charge < -0.3 is 10.6 Å². The van der Waals surface area contributed by atoms with Crippen LogP contribution in [0.1, 0.15) is 11.1 Å². The van der Waals surface area contributed by atoms with Crippen LogP contribution in [0.4, 0.5) is 21.8 Å². The Kier molecular flexibility index (Phi) is 5.01. The lowest BCUT2D eigenvalue weighted by Crippen LogP contribution is -2.07. The summed E-state index contributed by atoms with van der Waals surface area (Å²) in [6.07, 6.45) is 2.51. The molecule has 0 radical (unpaired) electrons. The van der Waals surface area contributed by atoms with Gasteiger partial charge in [-0.15, -0.1) is 0 Å². The van der Waals surface area contributed by atoms with Crippen LogP contribution in [-0.2, 0) is 6.42 Å². The van der Waals surface area contributed by atoms with Crippen molar-refractivity contribution < 1.29 is 4.39 Å². The number of anilines is 3. The van der Waals surface area contributed by atoms with Crippen LogP contribution in [0.25, 0.3) is 0 Å². The monoisotopic (exact) mass is 322 g/mol. The molecule has 4 nitrogen and oxygen atoms in total. The lowest BCUT2D eigenvalue weighted by atomic mass is 10.1. The van der Waals surface area contributed by atoms with Gasteiger partial charge in [0.25, 0.3) is 0 Å². The van der Waals surface area contributed by atoms with Crippen LogP contribution < -0.4 is 10.6 Å². The first-order valence-corrected chi connectivity index (χ1v) is 7.84. The fourth-order valence-electron chi connectivity index (χ4n) is 2.36. The molecule has 0 spiro atoms. The molecule has 122 valence electrons. The fourth-order valence-corrected chi connectivity index (χ4v) is 2.36. The maximum Gasteiger partial charge on any atom is 0.229 e. The second-order valence-electron chi connectivity index (χ2n) is 5.56. The third kappa shape index (κ3) is 4.52. The Morgan fingerprint density at radius 3 is 2.67 bits per heavy atom. The van der Waals surface area contributed by atoms with E-state index in [1.165, 1.54) is 17.7 Å². The number of halogens is 1. The maximum absolute atomic E-state index is 12.9. The quantitative estimate of drug-likeness (QED) is 0.709. The third-order valence-corrected chi connectivity index (χ3v) is 3.56. The molecular formula is C19H19FN4. The summed E-state index contributed by atoms with van der Waals surface area (Å²) in [5.74, 6) is 1.09. The van der Waals surface area contributed by atoms with E-state index in [-0.39, 0.29) is 5.82 Å². The first-order chi connectivity index (χ1) is 11.7. The minimum atomic E-state index is -0.214. The molecule has 0 aliphatic carbocycles. The zero-order valence-corrected chi connectivity index (χ0v) is 13.5. The predicted octanol–water partition coefficient (Wildman–Crippen LogP) is 4.32. The van der Waals surface area contributed by atoms with Crippen molar-refractivity contribution in [1.82, 2.24) is 9.97 Å². The van der Waals surface area contributed by atoms with Gasteiger partial charge in [-0.3, -0.25) is 0 Å². The molecule has 3 rings (SSSR count). The Balaban J connectivity index is 1.57. The average Bonchev–Trinajstić information content (AvgIpc) is 2.57. The number of rotatable bonds is 6. The lowest BCUT2D eigenvalue weighted by molar-refractivity contribution is 0.627. The Morgan fingerprint density at radius 1 is 1.04 bits per heavy atom. The van der Waals surface area contributed by atoms with Crippen molar-refractivity contribution in [3.8, 4) is 0 Å². The summed E-state index contributed by atoms with van der Waals surface area (Å²) >= 11 is 0. The van der Waals surface area contributed by atoms with Gasteiger partial charge in [0.05, 0.1) is 0 Å². The zero-order chi connectivity index (χ0) is 16.8. The second-order valence-corrected chi connectivity index (χ2v) is 5.56. The van der Waals surface area contributed by atoms with Crippen LogP contribution in [0, 0.1) is 12.7 Å². The molecule has 0 aliphatic heterocycles. The van der Waals surface area contributed by atoms with Gasteiger partial charge in [-0.05, 0) is 54.8 Å². The highest BCUT2D eigenvalue weighted by Crippen LogP contribution is 2.15. The van der Waals surface area contributed by atoms with E-state index in [0.29, 0.717) is 12.5 Å². The molecule has 1 aromatic heterocycles. The van der Waals surface area contributed by atoms with Crippen LogP contribution in [0.2, 0.25) is 0 Å². The molecule has 1 heterocycles. The van der Waals surface area contributed by atoms with Gasteiger partial charge in [0.2, 0.25) is 5.95 Å². The largest absolute Gasteiger partial charge is 0.370 e. The molecule has 0 saturated carbocycles. The van der Waals surface area contributed by atoms with E-state index in [4.69, 9.17) is 0 Å². The number of hydrogen-bond donors (Lipinski definition) is 2. The van der Waals surface area contributed by atoms with E-state index in [1.54, 1.807) is 18.3 Å². The summed E-state index contributed by atoms with van der Waals surface area (Å²) in [7, 11) is 0. The highest BCUT2D eigenvalue weighted by molar-refractivity contribution is 5.55. The Morgan fingerprint density at radius 2 is 1.88 bits per heavy atom. The van der Waals surface area contributed by atoms with Gasteiger partial charge in [-0.1, -0.05) is 24.3 Å². The molecule has 0 bridgehead atoms. The van der Waals surface area contributed by atoms with E-state index in [0.717, 1.165) is 23.5 Å². The standard InChI is InChI=1S/C19H19FN4/c1-14-3-2-4-17(13-14)23-19-22-12-10-18(24-19)21-11-9-15-5-7-16(20)8-6-15/h2-8,10,12-13H,9,11H2,1H3,(H2,21,22,23,24). The SMILES string of the molecule is Cc1cccc(Nc2nccc(NCCc3ccc(F)cc3)n2)c1. The maximum atomic E-state index is 12.9. The highest BCUT2D eigenvalue weighted by Gasteiger charge is 2.01. The van der Waals surface area contributed by atoms with Crippen LogP contribution >= 0.6 is 0 Å². The van der Waals surface area contributed by atoms with Crippen molar-refractivity contribution in [2.24, 2.45) is 0 Å². The molecule has 0 unspecified atom stereocenters. The predicted molar refractivity (Wildman–Crippen MR) is 95.1 cm³/mol. The number of aromatic nitrogens is 2. The summed E-state index contributed by atoms with van der Waals surface area (Å²) in [4.78, 5) is 8.69. The number of hydrogen-bond acceptors (Lipinski definition) is 4. The van der Waals surface area contributed by atoms with Crippen LogP contribution in [0.15, 0.2) is 60.8 Å². The van der Waals surface area contributed by atoms with Crippen LogP contribution in [0.5, 0.6) is 0 Å². The van der Waals surface area contributed by atoms with Gasteiger partial charge >= 0.3 is 0 Å². The minimum absolute atomic E-state index is 0.214. The summed E-state index contributed by atoms with van der Waals surface area (Å²) < 4.78 is 12.9. The average molecular weight is 322 g/mol. The van der Waals surface area contributed by atoms with E-state index in [9.17, 15) is 4.39 Å². The summed E-state index contributed by atoms with van der Waals surface area (Å²) in [6, 6.07) is 16.4. The van der Waals surface area contributed by atoms with Crippen LogP contribution in [0.3, 0.4) is 0 Å². The Labute approximate surface area is 140 Å². The summed E-state index contributed by atoms with van der Waals surface area (Å²) in [6.45, 7) is 2.76. The molecule has 0 aliphatic rings. The molecule has 3 aromatic rings. The van der Waals surface area contributed by atoms with Crippen molar-refractivity contribution in [1.29, 1.82) is 0 Å².